The summed E-state index contributed by atoms with van der Waals surface area (Å²) >= 11 is 0. The van der Waals surface area contributed by atoms with Crippen LogP contribution in [0.1, 0.15) is 34.5 Å². The van der Waals surface area contributed by atoms with Crippen LogP contribution in [0.15, 0.2) is 24.3 Å². The SMILES string of the molecule is COc1cc2c(cc1OC)CN(C(=O)c1ccc(N3CCCC3)nn1)CC2. The van der Waals surface area contributed by atoms with Crippen molar-refractivity contribution in [1.29, 1.82) is 0 Å². The summed E-state index contributed by atoms with van der Waals surface area (Å²) < 4.78 is 10.8. The Balaban J connectivity index is 1.50. The zero-order chi connectivity index (χ0) is 18.8. The Morgan fingerprint density at radius 1 is 0.963 bits per heavy atom. The van der Waals surface area contributed by atoms with Crippen LogP contribution in [0.3, 0.4) is 0 Å². The van der Waals surface area contributed by atoms with E-state index in [9.17, 15) is 4.79 Å². The van der Waals surface area contributed by atoms with Gasteiger partial charge in [0.2, 0.25) is 0 Å². The fourth-order valence-corrected chi connectivity index (χ4v) is 3.77. The molecule has 0 bridgehead atoms. The molecule has 142 valence electrons. The second-order valence-electron chi connectivity index (χ2n) is 6.92. The molecule has 0 saturated carbocycles. The molecule has 7 nitrogen and oxygen atoms in total. The highest BCUT2D eigenvalue weighted by molar-refractivity contribution is 5.92. The first-order valence-corrected chi connectivity index (χ1v) is 9.31. The van der Waals surface area contributed by atoms with E-state index in [1.54, 1.807) is 20.3 Å². The fourth-order valence-electron chi connectivity index (χ4n) is 3.77. The molecule has 7 heteroatoms. The van der Waals surface area contributed by atoms with Crippen LogP contribution in [0, 0.1) is 0 Å². The Kier molecular flexibility index (Phi) is 4.83. The van der Waals surface area contributed by atoms with E-state index in [0.29, 0.717) is 24.5 Å². The van der Waals surface area contributed by atoms with Crippen molar-refractivity contribution in [2.45, 2.75) is 25.8 Å². The molecule has 1 saturated heterocycles. The molecule has 0 spiro atoms. The van der Waals surface area contributed by atoms with Gasteiger partial charge >= 0.3 is 0 Å². The van der Waals surface area contributed by atoms with Crippen molar-refractivity contribution in [3.63, 3.8) is 0 Å². The molecule has 0 atom stereocenters. The van der Waals surface area contributed by atoms with Gasteiger partial charge in [-0.25, -0.2) is 0 Å². The Labute approximate surface area is 158 Å². The third-order valence-electron chi connectivity index (χ3n) is 5.30. The average molecular weight is 368 g/mol. The first-order chi connectivity index (χ1) is 13.2. The number of amides is 1. The van der Waals surface area contributed by atoms with Crippen molar-refractivity contribution in [3.8, 4) is 11.5 Å². The quantitative estimate of drug-likeness (QED) is 0.825. The van der Waals surface area contributed by atoms with E-state index in [-0.39, 0.29) is 5.91 Å². The molecule has 3 heterocycles. The summed E-state index contributed by atoms with van der Waals surface area (Å²) in [7, 11) is 3.25. The van der Waals surface area contributed by atoms with E-state index >= 15 is 0 Å². The maximum Gasteiger partial charge on any atom is 0.274 e. The van der Waals surface area contributed by atoms with E-state index in [0.717, 1.165) is 36.6 Å². The first-order valence-electron chi connectivity index (χ1n) is 9.31. The van der Waals surface area contributed by atoms with Crippen molar-refractivity contribution in [3.05, 3.63) is 41.1 Å². The number of aromatic nitrogens is 2. The third kappa shape index (κ3) is 3.41. The van der Waals surface area contributed by atoms with Gasteiger partial charge in [0.15, 0.2) is 23.0 Å². The van der Waals surface area contributed by atoms with Crippen LogP contribution in [0.4, 0.5) is 5.82 Å². The molecule has 0 unspecified atom stereocenters. The number of rotatable bonds is 4. The lowest BCUT2D eigenvalue weighted by Gasteiger charge is -2.29. The van der Waals surface area contributed by atoms with E-state index in [1.165, 1.54) is 18.4 Å². The van der Waals surface area contributed by atoms with Gasteiger partial charge in [0, 0.05) is 26.2 Å². The van der Waals surface area contributed by atoms with Gasteiger partial charge in [-0.2, -0.15) is 0 Å². The Hall–Kier alpha value is -2.83. The number of hydrogen-bond acceptors (Lipinski definition) is 6. The summed E-state index contributed by atoms with van der Waals surface area (Å²) in [6, 6.07) is 7.64. The Morgan fingerprint density at radius 2 is 1.67 bits per heavy atom. The molecule has 2 aromatic rings. The van der Waals surface area contributed by atoms with E-state index in [1.807, 2.05) is 23.1 Å². The lowest BCUT2D eigenvalue weighted by Crippen LogP contribution is -2.36. The van der Waals surface area contributed by atoms with Crippen molar-refractivity contribution in [2.24, 2.45) is 0 Å². The molecule has 1 aromatic heterocycles. The largest absolute Gasteiger partial charge is 0.493 e. The molecular weight excluding hydrogens is 344 g/mol. The van der Waals surface area contributed by atoms with Gasteiger partial charge in [-0.3, -0.25) is 4.79 Å². The van der Waals surface area contributed by atoms with Gasteiger partial charge in [-0.1, -0.05) is 0 Å². The van der Waals surface area contributed by atoms with Crippen LogP contribution >= 0.6 is 0 Å². The molecule has 1 fully saturated rings. The van der Waals surface area contributed by atoms with Crippen molar-refractivity contribution >= 4 is 11.7 Å². The highest BCUT2D eigenvalue weighted by Gasteiger charge is 2.25. The number of fused-ring (bicyclic) bond motifs is 1. The first kappa shape index (κ1) is 17.6. The predicted molar refractivity (Wildman–Crippen MR) is 101 cm³/mol. The van der Waals surface area contributed by atoms with Crippen LogP contribution in [-0.2, 0) is 13.0 Å². The van der Waals surface area contributed by atoms with Gasteiger partial charge in [0.25, 0.3) is 5.91 Å². The van der Waals surface area contributed by atoms with Crippen LogP contribution in [0.5, 0.6) is 11.5 Å². The number of benzene rings is 1. The number of nitrogens with zero attached hydrogens (tertiary/aromatic N) is 4. The van der Waals surface area contributed by atoms with Crippen molar-refractivity contribution in [2.75, 3.05) is 38.8 Å². The monoisotopic (exact) mass is 368 g/mol. The van der Waals surface area contributed by atoms with Crippen LogP contribution in [0.25, 0.3) is 0 Å². The van der Waals surface area contributed by atoms with Crippen LogP contribution in [-0.4, -0.2) is 54.9 Å². The summed E-state index contributed by atoms with van der Waals surface area (Å²) in [5.74, 6) is 2.17. The summed E-state index contributed by atoms with van der Waals surface area (Å²) in [4.78, 5) is 16.9. The average Bonchev–Trinajstić information content (AvgIpc) is 3.26. The lowest BCUT2D eigenvalue weighted by atomic mass is 9.98. The highest BCUT2D eigenvalue weighted by atomic mass is 16.5. The summed E-state index contributed by atoms with van der Waals surface area (Å²) in [6.45, 7) is 3.20. The van der Waals surface area contributed by atoms with Crippen molar-refractivity contribution < 1.29 is 14.3 Å². The standard InChI is InChI=1S/C20H24N4O3/c1-26-17-11-14-7-10-24(13-15(14)12-18(17)27-2)20(25)16-5-6-19(22-21-16)23-8-3-4-9-23/h5-6,11-12H,3-4,7-10,13H2,1-2H3. The molecular formula is C20H24N4O3. The van der Waals surface area contributed by atoms with E-state index in [4.69, 9.17) is 9.47 Å². The molecule has 0 aliphatic carbocycles. The second-order valence-corrected chi connectivity index (χ2v) is 6.92. The Morgan fingerprint density at radius 3 is 2.30 bits per heavy atom. The zero-order valence-electron chi connectivity index (χ0n) is 15.8. The van der Waals surface area contributed by atoms with Gasteiger partial charge in [-0.05, 0) is 54.7 Å². The van der Waals surface area contributed by atoms with Gasteiger partial charge in [-0.15, -0.1) is 10.2 Å². The molecule has 2 aliphatic rings. The number of carbonyl (C=O) groups is 1. The topological polar surface area (TPSA) is 67.8 Å². The molecule has 1 aromatic carbocycles. The molecule has 27 heavy (non-hydrogen) atoms. The fraction of sp³-hybridized carbons (Fsp3) is 0.450. The number of hydrogen-bond donors (Lipinski definition) is 0. The normalized spacial score (nSPS) is 16.2. The summed E-state index contributed by atoms with van der Waals surface area (Å²) in [5.41, 5.74) is 2.66. The van der Waals surface area contributed by atoms with Gasteiger partial charge in [0.1, 0.15) is 0 Å². The van der Waals surface area contributed by atoms with Crippen LogP contribution < -0.4 is 14.4 Å². The minimum atomic E-state index is -0.0871. The number of ether oxygens (including phenoxy) is 2. The Bertz CT molecular complexity index is 832. The third-order valence-corrected chi connectivity index (χ3v) is 5.30. The number of carbonyl (C=O) groups excluding carboxylic acids is 1. The van der Waals surface area contributed by atoms with Gasteiger partial charge < -0.3 is 19.3 Å². The molecule has 1 amide bonds. The van der Waals surface area contributed by atoms with Gasteiger partial charge in [0.05, 0.1) is 14.2 Å². The summed E-state index contributed by atoms with van der Waals surface area (Å²) in [5, 5.41) is 8.45. The predicted octanol–water partition coefficient (Wildman–Crippen LogP) is 2.29. The maximum atomic E-state index is 12.9. The molecule has 4 rings (SSSR count). The highest BCUT2D eigenvalue weighted by Crippen LogP contribution is 2.33. The molecule has 0 radical (unpaired) electrons. The maximum absolute atomic E-state index is 12.9. The molecule has 0 N–H and O–H groups in total. The minimum Gasteiger partial charge on any atom is -0.493 e. The minimum absolute atomic E-state index is 0.0871. The van der Waals surface area contributed by atoms with E-state index in [2.05, 4.69) is 15.1 Å². The lowest BCUT2D eigenvalue weighted by molar-refractivity contribution is 0.0727. The number of methoxy groups -OCH3 is 2. The van der Waals surface area contributed by atoms with Crippen LogP contribution in [0.2, 0.25) is 0 Å². The zero-order valence-corrected chi connectivity index (χ0v) is 15.8. The smallest absolute Gasteiger partial charge is 0.274 e. The summed E-state index contributed by atoms with van der Waals surface area (Å²) in [6.07, 6.45) is 3.15. The molecule has 2 aliphatic heterocycles. The second kappa shape index (κ2) is 7.42. The number of anilines is 1. The van der Waals surface area contributed by atoms with E-state index < -0.39 is 0 Å². The van der Waals surface area contributed by atoms with Crippen molar-refractivity contribution in [1.82, 2.24) is 15.1 Å².